The minimum atomic E-state index is -0.290. The van der Waals surface area contributed by atoms with Crippen LogP contribution in [-0.2, 0) is 9.59 Å². The molecule has 136 valence electrons. The van der Waals surface area contributed by atoms with Gasteiger partial charge in [0.25, 0.3) is 0 Å². The lowest BCUT2D eigenvalue weighted by atomic mass is 10.1. The molecule has 0 heterocycles. The first-order chi connectivity index (χ1) is 12.3. The summed E-state index contributed by atoms with van der Waals surface area (Å²) in [5.74, 6) is -0.477. The van der Waals surface area contributed by atoms with Crippen molar-refractivity contribution < 1.29 is 9.59 Å². The van der Waals surface area contributed by atoms with Gasteiger partial charge >= 0.3 is 0 Å². The van der Waals surface area contributed by atoms with Gasteiger partial charge in [0, 0.05) is 18.5 Å². The van der Waals surface area contributed by atoms with Gasteiger partial charge in [0.05, 0.1) is 6.21 Å². The molecule has 0 atom stereocenters. The van der Waals surface area contributed by atoms with Gasteiger partial charge in [-0.2, -0.15) is 5.10 Å². The SMILES string of the molecule is Cc1ccc(/C=N/NC(=O)CCC(=O)Nc2cc(C)ccc2C)c(C)c1. The van der Waals surface area contributed by atoms with Gasteiger partial charge < -0.3 is 5.32 Å². The van der Waals surface area contributed by atoms with E-state index in [2.05, 4.69) is 21.9 Å². The minimum absolute atomic E-state index is 0.0842. The molecule has 2 aromatic rings. The van der Waals surface area contributed by atoms with E-state index in [1.54, 1.807) is 6.21 Å². The lowest BCUT2D eigenvalue weighted by Crippen LogP contribution is -2.21. The molecule has 0 saturated carbocycles. The van der Waals surface area contributed by atoms with Gasteiger partial charge in [0.1, 0.15) is 0 Å². The Kier molecular flexibility index (Phi) is 6.67. The number of amides is 2. The molecule has 0 aliphatic carbocycles. The highest BCUT2D eigenvalue weighted by molar-refractivity contribution is 5.94. The fourth-order valence-corrected chi connectivity index (χ4v) is 2.51. The number of hydrazone groups is 1. The van der Waals surface area contributed by atoms with E-state index in [4.69, 9.17) is 0 Å². The van der Waals surface area contributed by atoms with Crippen LogP contribution in [0.1, 0.15) is 40.7 Å². The summed E-state index contributed by atoms with van der Waals surface area (Å²) < 4.78 is 0. The number of carbonyl (C=O) groups excluding carboxylic acids is 2. The number of nitrogens with one attached hydrogen (secondary N) is 2. The Balaban J connectivity index is 1.80. The molecule has 0 aromatic heterocycles. The van der Waals surface area contributed by atoms with Gasteiger partial charge in [0.15, 0.2) is 0 Å². The van der Waals surface area contributed by atoms with Crippen molar-refractivity contribution in [2.45, 2.75) is 40.5 Å². The molecule has 2 aromatic carbocycles. The average molecular weight is 351 g/mol. The van der Waals surface area contributed by atoms with E-state index in [1.165, 1.54) is 5.56 Å². The Labute approximate surface area is 154 Å². The zero-order valence-corrected chi connectivity index (χ0v) is 15.7. The maximum absolute atomic E-state index is 12.0. The quantitative estimate of drug-likeness (QED) is 0.614. The van der Waals surface area contributed by atoms with Crippen LogP contribution in [0.2, 0.25) is 0 Å². The summed E-state index contributed by atoms with van der Waals surface area (Å²) in [6.45, 7) is 7.92. The van der Waals surface area contributed by atoms with Crippen molar-refractivity contribution in [1.29, 1.82) is 0 Å². The highest BCUT2D eigenvalue weighted by Gasteiger charge is 2.08. The molecular formula is C21H25N3O2. The lowest BCUT2D eigenvalue weighted by molar-refractivity contribution is -0.124. The number of carbonyl (C=O) groups is 2. The molecule has 0 unspecified atom stereocenters. The molecule has 2 N–H and O–H groups in total. The summed E-state index contributed by atoms with van der Waals surface area (Å²) in [5, 5.41) is 6.81. The molecule has 0 saturated heterocycles. The molecule has 26 heavy (non-hydrogen) atoms. The van der Waals surface area contributed by atoms with Crippen molar-refractivity contribution in [3.8, 4) is 0 Å². The summed E-state index contributed by atoms with van der Waals surface area (Å²) in [7, 11) is 0. The first kappa shape index (κ1) is 19.4. The van der Waals surface area contributed by atoms with Crippen molar-refractivity contribution in [3.05, 3.63) is 64.2 Å². The van der Waals surface area contributed by atoms with Crippen molar-refractivity contribution in [2.75, 3.05) is 5.32 Å². The van der Waals surface area contributed by atoms with E-state index in [0.717, 1.165) is 27.9 Å². The summed E-state index contributed by atoms with van der Waals surface area (Å²) in [6, 6.07) is 11.9. The third-order valence-corrected chi connectivity index (χ3v) is 4.06. The second kappa shape index (κ2) is 8.94. The van der Waals surface area contributed by atoms with E-state index in [1.807, 2.05) is 58.0 Å². The second-order valence-corrected chi connectivity index (χ2v) is 6.52. The van der Waals surface area contributed by atoms with Gasteiger partial charge in [-0.3, -0.25) is 9.59 Å². The Morgan fingerprint density at radius 2 is 1.54 bits per heavy atom. The molecule has 2 rings (SSSR count). The fourth-order valence-electron chi connectivity index (χ4n) is 2.51. The van der Waals surface area contributed by atoms with E-state index in [-0.39, 0.29) is 24.7 Å². The molecule has 0 aliphatic heterocycles. The first-order valence-corrected chi connectivity index (χ1v) is 8.61. The smallest absolute Gasteiger partial charge is 0.240 e. The Morgan fingerprint density at radius 3 is 2.27 bits per heavy atom. The summed E-state index contributed by atoms with van der Waals surface area (Å²) in [6.07, 6.45) is 1.81. The molecule has 0 aliphatic rings. The first-order valence-electron chi connectivity index (χ1n) is 8.61. The van der Waals surface area contributed by atoms with Crippen LogP contribution in [-0.4, -0.2) is 18.0 Å². The predicted molar refractivity (Wildman–Crippen MR) is 105 cm³/mol. The van der Waals surface area contributed by atoms with Crippen LogP contribution in [0.5, 0.6) is 0 Å². The van der Waals surface area contributed by atoms with Crippen molar-refractivity contribution in [2.24, 2.45) is 5.10 Å². The monoisotopic (exact) mass is 351 g/mol. The molecule has 0 radical (unpaired) electrons. The molecule has 5 nitrogen and oxygen atoms in total. The highest BCUT2D eigenvalue weighted by atomic mass is 16.2. The topological polar surface area (TPSA) is 70.6 Å². The van der Waals surface area contributed by atoms with E-state index >= 15 is 0 Å². The van der Waals surface area contributed by atoms with Gasteiger partial charge in [-0.15, -0.1) is 0 Å². The number of benzene rings is 2. The van der Waals surface area contributed by atoms with Crippen LogP contribution in [0, 0.1) is 27.7 Å². The molecule has 5 heteroatoms. The van der Waals surface area contributed by atoms with Gasteiger partial charge in [-0.1, -0.05) is 35.9 Å². The normalized spacial score (nSPS) is 10.8. The Morgan fingerprint density at radius 1 is 0.885 bits per heavy atom. The largest absolute Gasteiger partial charge is 0.326 e. The van der Waals surface area contributed by atoms with Crippen LogP contribution in [0.3, 0.4) is 0 Å². The third kappa shape index (κ3) is 5.84. The molecular weight excluding hydrogens is 326 g/mol. The maximum atomic E-state index is 12.0. The number of nitrogens with zero attached hydrogens (tertiary/aromatic N) is 1. The summed E-state index contributed by atoms with van der Waals surface area (Å²) in [4.78, 5) is 23.9. The molecule has 0 spiro atoms. The van der Waals surface area contributed by atoms with Crippen molar-refractivity contribution in [1.82, 2.24) is 5.43 Å². The molecule has 2 amide bonds. The number of anilines is 1. The number of hydrogen-bond acceptors (Lipinski definition) is 3. The summed E-state index contributed by atoms with van der Waals surface area (Å²) in [5.41, 5.74) is 8.53. The van der Waals surface area contributed by atoms with E-state index < -0.39 is 0 Å². The van der Waals surface area contributed by atoms with Crippen LogP contribution in [0.25, 0.3) is 0 Å². The standard InChI is InChI=1S/C21H25N3O2/c1-14-6-8-18(17(4)11-14)13-22-24-21(26)10-9-20(25)23-19-12-15(2)5-7-16(19)3/h5-8,11-13H,9-10H2,1-4H3,(H,23,25)(H,24,26)/b22-13+. The maximum Gasteiger partial charge on any atom is 0.240 e. The third-order valence-electron chi connectivity index (χ3n) is 4.06. The molecule has 0 bridgehead atoms. The van der Waals surface area contributed by atoms with Gasteiger partial charge in [0.2, 0.25) is 11.8 Å². The van der Waals surface area contributed by atoms with Crippen LogP contribution >= 0.6 is 0 Å². The molecule has 0 fully saturated rings. The van der Waals surface area contributed by atoms with Crippen LogP contribution < -0.4 is 10.7 Å². The number of hydrogen-bond donors (Lipinski definition) is 2. The summed E-state index contributed by atoms with van der Waals surface area (Å²) >= 11 is 0. The Bertz CT molecular complexity index is 841. The van der Waals surface area contributed by atoms with Gasteiger partial charge in [-0.05, 0) is 56.0 Å². The zero-order valence-electron chi connectivity index (χ0n) is 15.7. The van der Waals surface area contributed by atoms with Crippen LogP contribution in [0.4, 0.5) is 5.69 Å². The highest BCUT2D eigenvalue weighted by Crippen LogP contribution is 2.16. The lowest BCUT2D eigenvalue weighted by Gasteiger charge is -2.09. The van der Waals surface area contributed by atoms with Gasteiger partial charge in [-0.25, -0.2) is 5.43 Å². The number of aryl methyl sites for hydroxylation is 4. The van der Waals surface area contributed by atoms with Crippen LogP contribution in [0.15, 0.2) is 41.5 Å². The minimum Gasteiger partial charge on any atom is -0.326 e. The van der Waals surface area contributed by atoms with E-state index in [9.17, 15) is 9.59 Å². The second-order valence-electron chi connectivity index (χ2n) is 6.52. The van der Waals surface area contributed by atoms with Crippen molar-refractivity contribution in [3.63, 3.8) is 0 Å². The van der Waals surface area contributed by atoms with E-state index in [0.29, 0.717) is 0 Å². The zero-order chi connectivity index (χ0) is 19.1. The number of rotatable bonds is 6. The Hall–Kier alpha value is -2.95. The predicted octanol–water partition coefficient (Wildman–Crippen LogP) is 3.79. The van der Waals surface area contributed by atoms with Crippen molar-refractivity contribution >= 4 is 23.7 Å². The average Bonchev–Trinajstić information content (AvgIpc) is 2.58. The fraction of sp³-hybridized carbons (Fsp3) is 0.286.